The number of anilines is 1. The summed E-state index contributed by atoms with van der Waals surface area (Å²) in [7, 11) is 0. The van der Waals surface area contributed by atoms with Crippen molar-refractivity contribution in [3.8, 4) is 0 Å². The fraction of sp³-hybridized carbons (Fsp3) is 0.286. The van der Waals surface area contributed by atoms with Gasteiger partial charge in [-0.25, -0.2) is 9.97 Å². The molecule has 0 atom stereocenters. The molecule has 5 nitrogen and oxygen atoms in total. The predicted octanol–water partition coefficient (Wildman–Crippen LogP) is 0.901. The van der Waals surface area contributed by atoms with Gasteiger partial charge in [0.2, 0.25) is 5.91 Å². The van der Waals surface area contributed by atoms with Gasteiger partial charge in [0.05, 0.1) is 0 Å². The molecule has 0 bridgehead atoms. The van der Waals surface area contributed by atoms with E-state index < -0.39 is 0 Å². The van der Waals surface area contributed by atoms with Crippen LogP contribution in [0.15, 0.2) is 6.07 Å². The van der Waals surface area contributed by atoms with E-state index in [1.54, 1.807) is 6.92 Å². The van der Waals surface area contributed by atoms with E-state index in [-0.39, 0.29) is 5.91 Å². The Kier molecular flexibility index (Phi) is 3.02. The van der Waals surface area contributed by atoms with Gasteiger partial charge in [-0.1, -0.05) is 11.6 Å². The Morgan fingerprint density at radius 3 is 2.77 bits per heavy atom. The maximum atomic E-state index is 10.5. The molecule has 0 saturated heterocycles. The van der Waals surface area contributed by atoms with E-state index in [4.69, 9.17) is 11.6 Å². The van der Waals surface area contributed by atoms with Crippen molar-refractivity contribution in [3.63, 3.8) is 0 Å². The molecule has 0 unspecified atom stereocenters. The van der Waals surface area contributed by atoms with Crippen LogP contribution in [-0.2, 0) is 4.79 Å². The number of nitrogens with zero attached hydrogens (tertiary/aromatic N) is 2. The van der Waals surface area contributed by atoms with Gasteiger partial charge >= 0.3 is 0 Å². The molecule has 0 aliphatic heterocycles. The number of aromatic nitrogens is 2. The molecule has 1 heterocycles. The van der Waals surface area contributed by atoms with E-state index in [1.807, 2.05) is 0 Å². The molecule has 1 amide bonds. The van der Waals surface area contributed by atoms with Gasteiger partial charge in [0, 0.05) is 13.0 Å². The van der Waals surface area contributed by atoms with Gasteiger partial charge in [0.1, 0.15) is 16.8 Å². The summed E-state index contributed by atoms with van der Waals surface area (Å²) in [4.78, 5) is 18.4. The third kappa shape index (κ3) is 3.25. The van der Waals surface area contributed by atoms with E-state index in [0.29, 0.717) is 16.8 Å². The summed E-state index contributed by atoms with van der Waals surface area (Å²) in [5.74, 6) is 0.806. The second-order valence-corrected chi connectivity index (χ2v) is 2.82. The van der Waals surface area contributed by atoms with Crippen LogP contribution in [0.25, 0.3) is 0 Å². The minimum Gasteiger partial charge on any atom is -0.282 e. The van der Waals surface area contributed by atoms with Gasteiger partial charge in [-0.3, -0.25) is 15.6 Å². The summed E-state index contributed by atoms with van der Waals surface area (Å²) < 4.78 is 0. The number of hydrazine groups is 1. The molecule has 0 aliphatic rings. The Balaban J connectivity index is 2.71. The van der Waals surface area contributed by atoms with Crippen molar-refractivity contribution >= 4 is 23.3 Å². The summed E-state index contributed by atoms with van der Waals surface area (Å²) in [6.07, 6.45) is 0. The normalized spacial score (nSPS) is 9.46. The van der Waals surface area contributed by atoms with Crippen molar-refractivity contribution in [3.05, 3.63) is 17.0 Å². The highest BCUT2D eigenvalue weighted by atomic mass is 35.5. The van der Waals surface area contributed by atoms with Crippen molar-refractivity contribution in [2.45, 2.75) is 13.8 Å². The first-order valence-electron chi connectivity index (χ1n) is 3.61. The number of carbonyl (C=O) groups excluding carboxylic acids is 1. The van der Waals surface area contributed by atoms with Gasteiger partial charge in [-0.15, -0.1) is 0 Å². The van der Waals surface area contributed by atoms with Crippen LogP contribution < -0.4 is 10.9 Å². The van der Waals surface area contributed by atoms with E-state index in [9.17, 15) is 4.79 Å². The number of carbonyl (C=O) groups is 1. The summed E-state index contributed by atoms with van der Waals surface area (Å²) in [6, 6.07) is 1.52. The summed E-state index contributed by atoms with van der Waals surface area (Å²) in [6.45, 7) is 3.10. The second kappa shape index (κ2) is 4.04. The number of hydrogen-bond acceptors (Lipinski definition) is 4. The largest absolute Gasteiger partial charge is 0.282 e. The van der Waals surface area contributed by atoms with Crippen LogP contribution in [0.5, 0.6) is 0 Å². The lowest BCUT2D eigenvalue weighted by Crippen LogP contribution is -2.27. The summed E-state index contributed by atoms with van der Waals surface area (Å²) in [5.41, 5.74) is 4.97. The highest BCUT2D eigenvalue weighted by molar-refractivity contribution is 6.29. The first-order chi connectivity index (χ1) is 6.08. The van der Waals surface area contributed by atoms with Crippen molar-refractivity contribution < 1.29 is 4.79 Å². The Morgan fingerprint density at radius 1 is 1.54 bits per heavy atom. The zero-order valence-corrected chi connectivity index (χ0v) is 8.01. The average Bonchev–Trinajstić information content (AvgIpc) is 1.99. The number of nitrogens with one attached hydrogen (secondary N) is 2. The van der Waals surface area contributed by atoms with Gasteiger partial charge in [-0.2, -0.15) is 0 Å². The smallest absolute Gasteiger partial charge is 0.235 e. The third-order valence-electron chi connectivity index (χ3n) is 1.17. The van der Waals surface area contributed by atoms with E-state index in [1.165, 1.54) is 13.0 Å². The molecule has 0 saturated carbocycles. The van der Waals surface area contributed by atoms with Gasteiger partial charge < -0.3 is 0 Å². The molecule has 0 spiro atoms. The summed E-state index contributed by atoms with van der Waals surface area (Å²) >= 11 is 5.66. The van der Waals surface area contributed by atoms with Gasteiger partial charge in [0.15, 0.2) is 0 Å². The molecule has 0 fully saturated rings. The molecule has 0 aromatic carbocycles. The number of halogens is 1. The summed E-state index contributed by atoms with van der Waals surface area (Å²) in [5, 5.41) is 0.334. The fourth-order valence-corrected chi connectivity index (χ4v) is 0.973. The lowest BCUT2D eigenvalue weighted by molar-refractivity contribution is -0.118. The second-order valence-electron chi connectivity index (χ2n) is 2.43. The van der Waals surface area contributed by atoms with Gasteiger partial charge in [-0.05, 0) is 6.92 Å². The number of aryl methyl sites for hydroxylation is 1. The zero-order chi connectivity index (χ0) is 9.84. The van der Waals surface area contributed by atoms with Crippen molar-refractivity contribution in [2.24, 2.45) is 0 Å². The number of hydrogen-bond donors (Lipinski definition) is 2. The lowest BCUT2D eigenvalue weighted by Gasteiger charge is -2.05. The quantitative estimate of drug-likeness (QED) is 0.550. The molecule has 6 heteroatoms. The van der Waals surface area contributed by atoms with Crippen molar-refractivity contribution in [1.29, 1.82) is 0 Å². The SMILES string of the molecule is CC(=O)NNc1cc(Cl)nc(C)n1. The minimum atomic E-state index is -0.201. The average molecular weight is 201 g/mol. The molecule has 70 valence electrons. The van der Waals surface area contributed by atoms with Crippen LogP contribution in [0.2, 0.25) is 5.15 Å². The monoisotopic (exact) mass is 200 g/mol. The Bertz CT molecular complexity index is 308. The fourth-order valence-electron chi connectivity index (χ4n) is 0.747. The molecule has 1 rings (SSSR count). The van der Waals surface area contributed by atoms with Crippen LogP contribution >= 0.6 is 11.6 Å². The molecule has 1 aromatic rings. The highest BCUT2D eigenvalue weighted by Gasteiger charge is 1.98. The van der Waals surface area contributed by atoms with Crippen LogP contribution in [0.3, 0.4) is 0 Å². The molecular weight excluding hydrogens is 192 g/mol. The van der Waals surface area contributed by atoms with Crippen LogP contribution in [0, 0.1) is 6.92 Å². The number of amides is 1. The topological polar surface area (TPSA) is 66.9 Å². The molecule has 2 N–H and O–H groups in total. The van der Waals surface area contributed by atoms with Crippen LogP contribution in [0.4, 0.5) is 5.82 Å². The van der Waals surface area contributed by atoms with E-state index in [2.05, 4.69) is 20.8 Å². The van der Waals surface area contributed by atoms with Crippen LogP contribution in [-0.4, -0.2) is 15.9 Å². The van der Waals surface area contributed by atoms with Crippen molar-refractivity contribution in [2.75, 3.05) is 5.43 Å². The molecule has 1 aromatic heterocycles. The zero-order valence-electron chi connectivity index (χ0n) is 7.26. The Labute approximate surface area is 80.5 Å². The van der Waals surface area contributed by atoms with Gasteiger partial charge in [0.25, 0.3) is 0 Å². The predicted molar refractivity (Wildman–Crippen MR) is 49.2 cm³/mol. The standard InChI is InChI=1S/C7H9ClN4O/c1-4-9-6(8)3-7(10-4)12-11-5(2)13/h3H,1-2H3,(H,11,13)(H,9,10,12). The first kappa shape index (κ1) is 9.73. The van der Waals surface area contributed by atoms with Crippen molar-refractivity contribution in [1.82, 2.24) is 15.4 Å². The third-order valence-corrected chi connectivity index (χ3v) is 1.37. The maximum absolute atomic E-state index is 10.5. The molecule has 0 radical (unpaired) electrons. The highest BCUT2D eigenvalue weighted by Crippen LogP contribution is 2.09. The van der Waals surface area contributed by atoms with Crippen LogP contribution in [0.1, 0.15) is 12.7 Å². The Hall–Kier alpha value is -1.36. The lowest BCUT2D eigenvalue weighted by atomic mass is 10.5. The maximum Gasteiger partial charge on any atom is 0.235 e. The first-order valence-corrected chi connectivity index (χ1v) is 3.99. The van der Waals surface area contributed by atoms with E-state index >= 15 is 0 Å². The minimum absolute atomic E-state index is 0.201. The molecule has 13 heavy (non-hydrogen) atoms. The molecule has 0 aliphatic carbocycles. The number of rotatable bonds is 2. The Morgan fingerprint density at radius 2 is 2.23 bits per heavy atom. The molecular formula is C7H9ClN4O. The van der Waals surface area contributed by atoms with E-state index in [0.717, 1.165) is 0 Å².